The number of benzene rings is 2. The molecule has 0 saturated carbocycles. The summed E-state index contributed by atoms with van der Waals surface area (Å²) in [7, 11) is 0. The van der Waals surface area contributed by atoms with Crippen molar-refractivity contribution in [1.82, 2.24) is 10.3 Å². The molecule has 1 atom stereocenters. The summed E-state index contributed by atoms with van der Waals surface area (Å²) >= 11 is 0. The molecule has 5 heteroatoms. The number of nitrogens with zero attached hydrogens (tertiary/aromatic N) is 1. The Labute approximate surface area is 171 Å². The van der Waals surface area contributed by atoms with Crippen molar-refractivity contribution >= 4 is 5.91 Å². The Kier molecular flexibility index (Phi) is 7.63. The average Bonchev–Trinajstić information content (AvgIpc) is 2.77. The van der Waals surface area contributed by atoms with Crippen LogP contribution in [0.3, 0.4) is 0 Å². The number of ether oxygens (including phenoxy) is 2. The maximum absolute atomic E-state index is 12.6. The van der Waals surface area contributed by atoms with Gasteiger partial charge in [0.15, 0.2) is 11.5 Å². The third-order valence-corrected chi connectivity index (χ3v) is 4.38. The Morgan fingerprint density at radius 1 is 0.931 bits per heavy atom. The second kappa shape index (κ2) is 10.9. The zero-order chi connectivity index (χ0) is 20.3. The number of para-hydroxylation sites is 2. The quantitative estimate of drug-likeness (QED) is 0.516. The molecule has 0 fully saturated rings. The van der Waals surface area contributed by atoms with Crippen molar-refractivity contribution in [3.05, 3.63) is 90.3 Å². The zero-order valence-corrected chi connectivity index (χ0v) is 16.6. The van der Waals surface area contributed by atoms with Crippen LogP contribution in [0.1, 0.15) is 37.1 Å². The SMILES string of the molecule is CCOc1ccccc1OCCCC(=O)NC(c1ccccc1)c1ccccn1. The van der Waals surface area contributed by atoms with Crippen LogP contribution >= 0.6 is 0 Å². The lowest BCUT2D eigenvalue weighted by molar-refractivity contribution is -0.121. The standard InChI is InChI=1S/C24H26N2O3/c1-2-28-21-14-6-7-15-22(21)29-18-10-16-23(27)26-24(19-11-4-3-5-12-19)20-13-8-9-17-25-20/h3-9,11-15,17,24H,2,10,16,18H2,1H3,(H,26,27). The zero-order valence-electron chi connectivity index (χ0n) is 16.6. The third kappa shape index (κ3) is 6.07. The molecule has 150 valence electrons. The minimum atomic E-state index is -0.274. The average molecular weight is 390 g/mol. The highest BCUT2D eigenvalue weighted by molar-refractivity contribution is 5.76. The Hall–Kier alpha value is -3.34. The molecule has 0 aliphatic carbocycles. The maximum atomic E-state index is 12.6. The lowest BCUT2D eigenvalue weighted by Gasteiger charge is -2.19. The second-order valence-corrected chi connectivity index (χ2v) is 6.50. The molecule has 2 aromatic carbocycles. The number of pyridine rings is 1. The van der Waals surface area contributed by atoms with E-state index in [0.717, 1.165) is 17.0 Å². The minimum absolute atomic E-state index is 0.0359. The van der Waals surface area contributed by atoms with E-state index in [-0.39, 0.29) is 11.9 Å². The predicted octanol–water partition coefficient (Wildman–Crippen LogP) is 4.55. The van der Waals surface area contributed by atoms with Gasteiger partial charge in [-0.25, -0.2) is 0 Å². The van der Waals surface area contributed by atoms with E-state index >= 15 is 0 Å². The number of hydrogen-bond donors (Lipinski definition) is 1. The molecule has 0 bridgehead atoms. The van der Waals surface area contributed by atoms with Crippen molar-refractivity contribution in [3.8, 4) is 11.5 Å². The van der Waals surface area contributed by atoms with Gasteiger partial charge in [0.1, 0.15) is 0 Å². The molecular formula is C24H26N2O3. The van der Waals surface area contributed by atoms with Gasteiger partial charge in [0.05, 0.1) is 24.9 Å². The number of amides is 1. The Bertz CT molecular complexity index is 845. The summed E-state index contributed by atoms with van der Waals surface area (Å²) < 4.78 is 11.4. The number of carbonyl (C=O) groups is 1. The molecule has 3 aromatic rings. The Morgan fingerprint density at radius 2 is 1.62 bits per heavy atom. The summed E-state index contributed by atoms with van der Waals surface area (Å²) in [4.78, 5) is 17.0. The number of carbonyl (C=O) groups excluding carboxylic acids is 1. The van der Waals surface area contributed by atoms with Gasteiger partial charge in [-0.3, -0.25) is 9.78 Å². The molecule has 1 aromatic heterocycles. The highest BCUT2D eigenvalue weighted by atomic mass is 16.5. The van der Waals surface area contributed by atoms with Gasteiger partial charge in [-0.2, -0.15) is 0 Å². The van der Waals surface area contributed by atoms with Gasteiger partial charge in [-0.05, 0) is 43.2 Å². The lowest BCUT2D eigenvalue weighted by atomic mass is 10.0. The van der Waals surface area contributed by atoms with E-state index in [9.17, 15) is 4.79 Å². The van der Waals surface area contributed by atoms with Crippen LogP contribution in [0.25, 0.3) is 0 Å². The van der Waals surface area contributed by atoms with Crippen molar-refractivity contribution in [2.75, 3.05) is 13.2 Å². The van der Waals surface area contributed by atoms with Gasteiger partial charge < -0.3 is 14.8 Å². The van der Waals surface area contributed by atoms with E-state index in [0.29, 0.717) is 31.8 Å². The van der Waals surface area contributed by atoms with Crippen LogP contribution < -0.4 is 14.8 Å². The monoisotopic (exact) mass is 390 g/mol. The van der Waals surface area contributed by atoms with Crippen molar-refractivity contribution in [2.45, 2.75) is 25.8 Å². The van der Waals surface area contributed by atoms with Crippen molar-refractivity contribution in [1.29, 1.82) is 0 Å². The van der Waals surface area contributed by atoms with Crippen molar-refractivity contribution in [3.63, 3.8) is 0 Å². The van der Waals surface area contributed by atoms with Crippen molar-refractivity contribution in [2.24, 2.45) is 0 Å². The van der Waals surface area contributed by atoms with Gasteiger partial charge in [0.2, 0.25) is 5.91 Å². The molecule has 3 rings (SSSR count). The first-order chi connectivity index (χ1) is 14.3. The van der Waals surface area contributed by atoms with Gasteiger partial charge in [0.25, 0.3) is 0 Å². The van der Waals surface area contributed by atoms with Gasteiger partial charge in [0, 0.05) is 12.6 Å². The smallest absolute Gasteiger partial charge is 0.220 e. The normalized spacial score (nSPS) is 11.5. The Morgan fingerprint density at radius 3 is 2.31 bits per heavy atom. The largest absolute Gasteiger partial charge is 0.490 e. The molecule has 0 spiro atoms. The maximum Gasteiger partial charge on any atom is 0.220 e. The molecule has 0 aliphatic rings. The third-order valence-electron chi connectivity index (χ3n) is 4.38. The lowest BCUT2D eigenvalue weighted by Crippen LogP contribution is -2.30. The summed E-state index contributed by atoms with van der Waals surface area (Å²) in [6.07, 6.45) is 2.71. The van der Waals surface area contributed by atoms with E-state index in [4.69, 9.17) is 9.47 Å². The van der Waals surface area contributed by atoms with Crippen LogP contribution in [-0.2, 0) is 4.79 Å². The van der Waals surface area contributed by atoms with Gasteiger partial charge >= 0.3 is 0 Å². The van der Waals surface area contributed by atoms with Crippen LogP contribution in [0.5, 0.6) is 11.5 Å². The van der Waals surface area contributed by atoms with Gasteiger partial charge in [-0.1, -0.05) is 48.5 Å². The summed E-state index contributed by atoms with van der Waals surface area (Å²) in [6, 6.07) is 22.9. The topological polar surface area (TPSA) is 60.5 Å². The van der Waals surface area contributed by atoms with E-state index < -0.39 is 0 Å². The molecule has 1 heterocycles. The molecular weight excluding hydrogens is 364 g/mol. The highest BCUT2D eigenvalue weighted by Crippen LogP contribution is 2.26. The molecule has 1 unspecified atom stereocenters. The van der Waals surface area contributed by atoms with Crippen LogP contribution in [-0.4, -0.2) is 24.1 Å². The number of aromatic nitrogens is 1. The predicted molar refractivity (Wildman–Crippen MR) is 113 cm³/mol. The molecule has 5 nitrogen and oxygen atoms in total. The van der Waals surface area contributed by atoms with Crippen LogP contribution in [0.15, 0.2) is 79.0 Å². The first-order valence-corrected chi connectivity index (χ1v) is 9.87. The fourth-order valence-corrected chi connectivity index (χ4v) is 3.01. The molecule has 0 radical (unpaired) electrons. The minimum Gasteiger partial charge on any atom is -0.490 e. The van der Waals surface area contributed by atoms with Gasteiger partial charge in [-0.15, -0.1) is 0 Å². The number of nitrogens with one attached hydrogen (secondary N) is 1. The summed E-state index contributed by atoms with van der Waals surface area (Å²) in [5, 5.41) is 3.10. The highest BCUT2D eigenvalue weighted by Gasteiger charge is 2.17. The van der Waals surface area contributed by atoms with Crippen LogP contribution in [0, 0.1) is 0 Å². The molecule has 1 amide bonds. The first kappa shape index (κ1) is 20.4. The molecule has 1 N–H and O–H groups in total. The molecule has 0 saturated heterocycles. The second-order valence-electron chi connectivity index (χ2n) is 6.50. The summed E-state index contributed by atoms with van der Waals surface area (Å²) in [6.45, 7) is 2.96. The van der Waals surface area contributed by atoms with E-state index in [2.05, 4.69) is 10.3 Å². The van der Waals surface area contributed by atoms with Crippen molar-refractivity contribution < 1.29 is 14.3 Å². The fraction of sp³-hybridized carbons (Fsp3) is 0.250. The Balaban J connectivity index is 1.55. The number of rotatable bonds is 10. The number of hydrogen-bond acceptors (Lipinski definition) is 4. The van der Waals surface area contributed by atoms with E-state index in [1.54, 1.807) is 6.20 Å². The molecule has 29 heavy (non-hydrogen) atoms. The van der Waals surface area contributed by atoms with E-state index in [1.807, 2.05) is 79.7 Å². The van der Waals surface area contributed by atoms with Crippen LogP contribution in [0.2, 0.25) is 0 Å². The van der Waals surface area contributed by atoms with Crippen LogP contribution in [0.4, 0.5) is 0 Å². The summed E-state index contributed by atoms with van der Waals surface area (Å²) in [5.41, 5.74) is 1.82. The summed E-state index contributed by atoms with van der Waals surface area (Å²) in [5.74, 6) is 1.38. The first-order valence-electron chi connectivity index (χ1n) is 9.87. The molecule has 0 aliphatic heterocycles. The fourth-order valence-electron chi connectivity index (χ4n) is 3.01. The van der Waals surface area contributed by atoms with E-state index in [1.165, 1.54) is 0 Å².